The minimum absolute atomic E-state index is 0.598. The lowest BCUT2D eigenvalue weighted by Crippen LogP contribution is -2.48. The fourth-order valence-corrected chi connectivity index (χ4v) is 4.59. The van der Waals surface area contributed by atoms with E-state index >= 15 is 0 Å². The van der Waals surface area contributed by atoms with Crippen molar-refractivity contribution in [1.82, 2.24) is 25.0 Å². The zero-order valence-corrected chi connectivity index (χ0v) is 17.1. The third-order valence-electron chi connectivity index (χ3n) is 6.07. The third-order valence-corrected chi connectivity index (χ3v) is 6.07. The van der Waals surface area contributed by atoms with E-state index in [0.29, 0.717) is 18.4 Å². The second-order valence-electron chi connectivity index (χ2n) is 8.04. The number of aromatic nitrogens is 3. The lowest BCUT2D eigenvalue weighted by atomic mass is 9.82. The summed E-state index contributed by atoms with van der Waals surface area (Å²) >= 11 is 0. The molecule has 2 aromatic rings. The second-order valence-corrected chi connectivity index (χ2v) is 8.04. The second kappa shape index (κ2) is 8.76. The van der Waals surface area contributed by atoms with Gasteiger partial charge in [0.15, 0.2) is 11.8 Å². The highest BCUT2D eigenvalue weighted by molar-refractivity contribution is 5.80. The number of fused-ring (bicyclic) bond motifs is 1. The molecule has 3 heterocycles. The summed E-state index contributed by atoms with van der Waals surface area (Å²) in [4.78, 5) is 7.35. The van der Waals surface area contributed by atoms with Gasteiger partial charge in [-0.05, 0) is 43.6 Å². The summed E-state index contributed by atoms with van der Waals surface area (Å²) < 4.78 is 2.26. The summed E-state index contributed by atoms with van der Waals surface area (Å²) in [6, 6.07) is 10.9. The van der Waals surface area contributed by atoms with Crippen LogP contribution in [0.2, 0.25) is 0 Å². The van der Waals surface area contributed by atoms with Gasteiger partial charge in [0, 0.05) is 32.6 Å². The first-order chi connectivity index (χ1) is 13.8. The van der Waals surface area contributed by atoms with Gasteiger partial charge in [-0.3, -0.25) is 0 Å². The fraction of sp³-hybridized carbons (Fsp3) is 0.591. The Kier molecular flexibility index (Phi) is 5.93. The highest BCUT2D eigenvalue weighted by Gasteiger charge is 2.28. The normalized spacial score (nSPS) is 22.8. The molecule has 0 radical (unpaired) electrons. The molecule has 0 spiro atoms. The highest BCUT2D eigenvalue weighted by atomic mass is 15.3. The maximum atomic E-state index is 4.93. The number of aryl methyl sites for hydroxylation is 1. The number of hydrogen-bond donors (Lipinski definition) is 1. The largest absolute Gasteiger partial charge is 0.357 e. The van der Waals surface area contributed by atoms with E-state index in [1.165, 1.54) is 18.4 Å². The van der Waals surface area contributed by atoms with Crippen molar-refractivity contribution in [2.75, 3.05) is 19.6 Å². The Balaban J connectivity index is 1.45. The summed E-state index contributed by atoms with van der Waals surface area (Å²) in [7, 11) is 0. The number of benzene rings is 1. The number of piperidine rings is 1. The van der Waals surface area contributed by atoms with Crippen molar-refractivity contribution in [3.63, 3.8) is 0 Å². The van der Waals surface area contributed by atoms with Crippen LogP contribution in [0, 0.1) is 5.92 Å². The average Bonchev–Trinajstić information content (AvgIpc) is 3.15. The molecule has 150 valence electrons. The van der Waals surface area contributed by atoms with Crippen LogP contribution in [0.25, 0.3) is 0 Å². The van der Waals surface area contributed by atoms with Gasteiger partial charge in [-0.25, -0.2) is 4.99 Å². The Labute approximate surface area is 168 Å². The molecule has 0 aliphatic carbocycles. The Morgan fingerprint density at radius 2 is 2.04 bits per heavy atom. The van der Waals surface area contributed by atoms with Crippen LogP contribution in [0.1, 0.15) is 56.2 Å². The van der Waals surface area contributed by atoms with E-state index in [2.05, 4.69) is 69.2 Å². The van der Waals surface area contributed by atoms with E-state index in [1.807, 2.05) is 0 Å². The smallest absolute Gasteiger partial charge is 0.194 e. The van der Waals surface area contributed by atoms with Crippen molar-refractivity contribution < 1.29 is 0 Å². The monoisotopic (exact) mass is 380 g/mol. The Morgan fingerprint density at radius 1 is 1.18 bits per heavy atom. The summed E-state index contributed by atoms with van der Waals surface area (Å²) in [5.74, 6) is 4.36. The molecule has 2 unspecified atom stereocenters. The van der Waals surface area contributed by atoms with Gasteiger partial charge in [-0.15, -0.1) is 10.2 Å². The van der Waals surface area contributed by atoms with E-state index in [9.17, 15) is 0 Å². The summed E-state index contributed by atoms with van der Waals surface area (Å²) in [6.07, 6.45) is 4.64. The third kappa shape index (κ3) is 4.05. The molecule has 1 aromatic heterocycles. The van der Waals surface area contributed by atoms with Gasteiger partial charge in [0.05, 0.1) is 0 Å². The number of hydrogen-bond acceptors (Lipinski definition) is 3. The lowest BCUT2D eigenvalue weighted by molar-refractivity contribution is 0.234. The van der Waals surface area contributed by atoms with E-state index in [1.54, 1.807) is 0 Å². The first kappa shape index (κ1) is 19.0. The van der Waals surface area contributed by atoms with Gasteiger partial charge >= 0.3 is 0 Å². The molecular formula is C22H32N6. The predicted octanol–water partition coefficient (Wildman–Crippen LogP) is 3.21. The lowest BCUT2D eigenvalue weighted by Gasteiger charge is -2.39. The molecule has 6 nitrogen and oxygen atoms in total. The summed E-state index contributed by atoms with van der Waals surface area (Å²) in [6.45, 7) is 9.07. The van der Waals surface area contributed by atoms with Crippen molar-refractivity contribution in [1.29, 1.82) is 0 Å². The molecule has 2 atom stereocenters. The minimum atomic E-state index is 0.598. The maximum absolute atomic E-state index is 4.93. The zero-order valence-electron chi connectivity index (χ0n) is 17.1. The predicted molar refractivity (Wildman–Crippen MR) is 112 cm³/mol. The molecule has 1 aromatic carbocycles. The Bertz CT molecular complexity index is 797. The molecule has 2 aliphatic heterocycles. The zero-order chi connectivity index (χ0) is 19.3. The first-order valence-electron chi connectivity index (χ1n) is 10.8. The molecule has 0 bridgehead atoms. The topological polar surface area (TPSA) is 58.3 Å². The summed E-state index contributed by atoms with van der Waals surface area (Å²) in [5.41, 5.74) is 1.46. The molecule has 2 aliphatic rings. The molecule has 0 amide bonds. The van der Waals surface area contributed by atoms with E-state index in [0.717, 1.165) is 56.6 Å². The first-order valence-corrected chi connectivity index (χ1v) is 10.8. The average molecular weight is 381 g/mol. The van der Waals surface area contributed by atoms with Gasteiger partial charge in [0.1, 0.15) is 12.4 Å². The molecule has 1 saturated heterocycles. The molecule has 1 N–H and O–H groups in total. The van der Waals surface area contributed by atoms with E-state index in [4.69, 9.17) is 4.99 Å². The van der Waals surface area contributed by atoms with Crippen molar-refractivity contribution >= 4 is 5.96 Å². The number of likely N-dealkylation sites (tertiary alicyclic amines) is 1. The number of guanidine groups is 1. The van der Waals surface area contributed by atoms with Crippen LogP contribution in [-0.2, 0) is 19.5 Å². The van der Waals surface area contributed by atoms with Crippen LogP contribution in [0.3, 0.4) is 0 Å². The Morgan fingerprint density at radius 3 is 2.82 bits per heavy atom. The van der Waals surface area contributed by atoms with Gasteiger partial charge in [0.25, 0.3) is 0 Å². The molecular weight excluding hydrogens is 348 g/mol. The molecule has 28 heavy (non-hydrogen) atoms. The quantitative estimate of drug-likeness (QED) is 0.654. The van der Waals surface area contributed by atoms with Crippen LogP contribution in [0.4, 0.5) is 0 Å². The van der Waals surface area contributed by atoms with Crippen LogP contribution in [0.15, 0.2) is 35.3 Å². The Hall–Kier alpha value is -2.37. The van der Waals surface area contributed by atoms with E-state index < -0.39 is 0 Å². The standard InChI is InChI=1S/C22H32N6/c1-3-23-22(24-15-21-26-25-20-11-7-8-13-28(20)21)27-14-12-19(17(2)16-27)18-9-5-4-6-10-18/h4-6,9-10,17,19H,3,7-8,11-16H2,1-2H3,(H,23,24). The van der Waals surface area contributed by atoms with Crippen molar-refractivity contribution in [3.05, 3.63) is 47.5 Å². The van der Waals surface area contributed by atoms with E-state index in [-0.39, 0.29) is 0 Å². The van der Waals surface area contributed by atoms with Gasteiger partial charge in [-0.2, -0.15) is 0 Å². The molecule has 6 heteroatoms. The van der Waals surface area contributed by atoms with Gasteiger partial charge in [0.2, 0.25) is 0 Å². The molecule has 0 saturated carbocycles. The SMILES string of the molecule is CCNC(=NCc1nnc2n1CCCC2)N1CCC(c2ccccc2)C(C)C1. The highest BCUT2D eigenvalue weighted by Crippen LogP contribution is 2.32. The van der Waals surface area contributed by atoms with Crippen molar-refractivity contribution in [2.24, 2.45) is 10.9 Å². The number of rotatable bonds is 4. The van der Waals surface area contributed by atoms with Gasteiger partial charge < -0.3 is 14.8 Å². The van der Waals surface area contributed by atoms with Gasteiger partial charge in [-0.1, -0.05) is 37.3 Å². The van der Waals surface area contributed by atoms with Crippen LogP contribution in [0.5, 0.6) is 0 Å². The maximum Gasteiger partial charge on any atom is 0.194 e. The molecule has 4 rings (SSSR count). The fourth-order valence-electron chi connectivity index (χ4n) is 4.59. The number of aliphatic imine (C=N–C) groups is 1. The van der Waals surface area contributed by atoms with Crippen LogP contribution >= 0.6 is 0 Å². The summed E-state index contributed by atoms with van der Waals surface area (Å²) in [5, 5.41) is 12.2. The van der Waals surface area contributed by atoms with Crippen molar-refractivity contribution in [3.8, 4) is 0 Å². The number of nitrogens with one attached hydrogen (secondary N) is 1. The number of nitrogens with zero attached hydrogens (tertiary/aromatic N) is 5. The van der Waals surface area contributed by atoms with Crippen molar-refractivity contribution in [2.45, 2.75) is 58.5 Å². The van der Waals surface area contributed by atoms with Crippen LogP contribution in [-0.4, -0.2) is 45.3 Å². The molecule has 1 fully saturated rings. The van der Waals surface area contributed by atoms with Crippen LogP contribution < -0.4 is 5.32 Å². The minimum Gasteiger partial charge on any atom is -0.357 e.